The lowest BCUT2D eigenvalue weighted by molar-refractivity contribution is -0.119. The van der Waals surface area contributed by atoms with Crippen molar-refractivity contribution in [2.75, 3.05) is 18.7 Å². The van der Waals surface area contributed by atoms with E-state index in [-0.39, 0.29) is 6.79 Å². The third kappa shape index (κ3) is 3.78. The molecule has 8 nitrogen and oxygen atoms in total. The van der Waals surface area contributed by atoms with Crippen LogP contribution in [0.5, 0.6) is 11.5 Å². The third-order valence-electron chi connectivity index (χ3n) is 4.70. The smallest absolute Gasteiger partial charge is 0.339 e. The van der Waals surface area contributed by atoms with Crippen LogP contribution in [0.1, 0.15) is 10.4 Å². The van der Waals surface area contributed by atoms with Crippen LogP contribution < -0.4 is 14.8 Å². The van der Waals surface area contributed by atoms with E-state index >= 15 is 0 Å². The molecule has 0 radical (unpaired) electrons. The van der Waals surface area contributed by atoms with Crippen LogP contribution in [0.2, 0.25) is 0 Å². The van der Waals surface area contributed by atoms with Crippen molar-refractivity contribution in [3.8, 4) is 23.0 Å². The van der Waals surface area contributed by atoms with Crippen molar-refractivity contribution in [2.45, 2.75) is 0 Å². The zero-order valence-corrected chi connectivity index (χ0v) is 16.2. The fourth-order valence-corrected chi connectivity index (χ4v) is 3.28. The van der Waals surface area contributed by atoms with E-state index in [1.54, 1.807) is 54.6 Å². The van der Waals surface area contributed by atoms with Gasteiger partial charge in [-0.15, -0.1) is 0 Å². The van der Waals surface area contributed by atoms with Gasteiger partial charge in [0.2, 0.25) is 6.79 Å². The summed E-state index contributed by atoms with van der Waals surface area (Å²) in [5, 5.41) is 3.29. The van der Waals surface area contributed by atoms with Crippen LogP contribution in [0, 0.1) is 0 Å². The van der Waals surface area contributed by atoms with Gasteiger partial charge in [0.05, 0.1) is 17.3 Å². The first-order valence-corrected chi connectivity index (χ1v) is 9.48. The molecule has 0 saturated heterocycles. The highest BCUT2D eigenvalue weighted by molar-refractivity contribution is 6.05. The molecular formula is C23H16N2O6. The Hall–Kier alpha value is -4.33. The molecule has 0 aliphatic carbocycles. The Labute approximate surface area is 176 Å². The zero-order chi connectivity index (χ0) is 21.2. The normalized spacial score (nSPS) is 12.0. The molecule has 0 fully saturated rings. The average molecular weight is 416 g/mol. The highest BCUT2D eigenvalue weighted by Gasteiger charge is 2.18. The Bertz CT molecular complexity index is 1280. The SMILES string of the molecule is O=C(COC(=O)c1cc(-c2ccco2)nc2ccccc12)Nc1ccc2c(c1)OCO2. The van der Waals surface area contributed by atoms with Crippen LogP contribution in [-0.2, 0) is 9.53 Å². The van der Waals surface area contributed by atoms with Crippen LogP contribution in [0.15, 0.2) is 71.3 Å². The second-order valence-electron chi connectivity index (χ2n) is 6.74. The number of rotatable bonds is 5. The quantitative estimate of drug-likeness (QED) is 0.491. The first-order chi connectivity index (χ1) is 15.2. The summed E-state index contributed by atoms with van der Waals surface area (Å²) in [6.45, 7) is -0.301. The molecule has 0 spiro atoms. The standard InChI is InChI=1S/C23H16N2O6/c26-22(24-14-7-8-20-21(10-14)31-13-30-20)12-29-23(27)16-11-18(19-6-3-9-28-19)25-17-5-2-1-4-15(16)17/h1-11H,12-13H2,(H,24,26). The number of ether oxygens (including phenoxy) is 3. The van der Waals surface area contributed by atoms with Crippen LogP contribution in [0.4, 0.5) is 5.69 Å². The van der Waals surface area contributed by atoms with E-state index in [0.29, 0.717) is 45.1 Å². The molecule has 0 atom stereocenters. The maximum Gasteiger partial charge on any atom is 0.339 e. The van der Waals surface area contributed by atoms with E-state index in [1.165, 1.54) is 6.26 Å². The van der Waals surface area contributed by atoms with Crippen molar-refractivity contribution in [2.24, 2.45) is 0 Å². The van der Waals surface area contributed by atoms with Gasteiger partial charge >= 0.3 is 5.97 Å². The highest BCUT2D eigenvalue weighted by atomic mass is 16.7. The van der Waals surface area contributed by atoms with Crippen molar-refractivity contribution >= 4 is 28.5 Å². The predicted molar refractivity (Wildman–Crippen MR) is 111 cm³/mol. The molecular weight excluding hydrogens is 400 g/mol. The maximum absolute atomic E-state index is 12.8. The number of para-hydroxylation sites is 1. The van der Waals surface area contributed by atoms with E-state index in [2.05, 4.69) is 10.3 Å². The topological polar surface area (TPSA) is 99.9 Å². The Kier molecular flexibility index (Phi) is 4.72. The molecule has 0 saturated carbocycles. The monoisotopic (exact) mass is 416 g/mol. The molecule has 3 heterocycles. The Morgan fingerprint density at radius 1 is 1.00 bits per heavy atom. The fraction of sp³-hybridized carbons (Fsp3) is 0.0870. The number of esters is 1. The summed E-state index contributed by atoms with van der Waals surface area (Å²) in [6.07, 6.45) is 1.53. The number of carbonyl (C=O) groups is 2. The number of hydrogen-bond acceptors (Lipinski definition) is 7. The van der Waals surface area contributed by atoms with E-state index in [4.69, 9.17) is 18.6 Å². The van der Waals surface area contributed by atoms with Gasteiger partial charge in [-0.3, -0.25) is 4.79 Å². The van der Waals surface area contributed by atoms with Gasteiger partial charge in [-0.05, 0) is 36.4 Å². The molecule has 1 amide bonds. The number of nitrogens with zero attached hydrogens (tertiary/aromatic N) is 1. The molecule has 0 unspecified atom stereocenters. The first-order valence-electron chi connectivity index (χ1n) is 9.48. The number of fused-ring (bicyclic) bond motifs is 2. The Morgan fingerprint density at radius 2 is 1.87 bits per heavy atom. The molecule has 31 heavy (non-hydrogen) atoms. The summed E-state index contributed by atoms with van der Waals surface area (Å²) in [5.41, 5.74) is 1.93. The maximum atomic E-state index is 12.8. The Balaban J connectivity index is 1.32. The average Bonchev–Trinajstić information content (AvgIpc) is 3.48. The predicted octanol–water partition coefficient (Wildman–Crippen LogP) is 4.02. The molecule has 1 aliphatic heterocycles. The summed E-state index contributed by atoms with van der Waals surface area (Å²) in [5.74, 6) is 0.578. The van der Waals surface area contributed by atoms with Gasteiger partial charge in [-0.2, -0.15) is 0 Å². The van der Waals surface area contributed by atoms with Gasteiger partial charge in [-0.1, -0.05) is 18.2 Å². The van der Waals surface area contributed by atoms with Crippen LogP contribution in [0.3, 0.4) is 0 Å². The molecule has 5 rings (SSSR count). The molecule has 8 heteroatoms. The molecule has 154 valence electrons. The number of furan rings is 1. The van der Waals surface area contributed by atoms with Gasteiger partial charge in [0.1, 0.15) is 5.69 Å². The fourth-order valence-electron chi connectivity index (χ4n) is 3.28. The summed E-state index contributed by atoms with van der Waals surface area (Å²) >= 11 is 0. The number of anilines is 1. The summed E-state index contributed by atoms with van der Waals surface area (Å²) < 4.78 is 21.2. The third-order valence-corrected chi connectivity index (χ3v) is 4.70. The van der Waals surface area contributed by atoms with Gasteiger partial charge in [0.25, 0.3) is 5.91 Å². The number of amides is 1. The minimum atomic E-state index is -0.632. The number of benzene rings is 2. The van der Waals surface area contributed by atoms with Crippen molar-refractivity contribution in [3.63, 3.8) is 0 Å². The van der Waals surface area contributed by atoms with E-state index < -0.39 is 18.5 Å². The second-order valence-corrected chi connectivity index (χ2v) is 6.74. The highest BCUT2D eigenvalue weighted by Crippen LogP contribution is 2.34. The second kappa shape index (κ2) is 7.83. The minimum Gasteiger partial charge on any atom is -0.463 e. The lowest BCUT2D eigenvalue weighted by atomic mass is 10.1. The van der Waals surface area contributed by atoms with E-state index in [9.17, 15) is 9.59 Å². The zero-order valence-electron chi connectivity index (χ0n) is 16.2. The van der Waals surface area contributed by atoms with Gasteiger partial charge < -0.3 is 23.9 Å². The van der Waals surface area contributed by atoms with E-state index in [0.717, 1.165) is 0 Å². The summed E-state index contributed by atoms with van der Waals surface area (Å²) in [4.78, 5) is 29.6. The van der Waals surface area contributed by atoms with Crippen LogP contribution in [0.25, 0.3) is 22.4 Å². The van der Waals surface area contributed by atoms with Gasteiger partial charge in [0, 0.05) is 17.1 Å². The number of pyridine rings is 1. The lowest BCUT2D eigenvalue weighted by Crippen LogP contribution is -2.21. The summed E-state index contributed by atoms with van der Waals surface area (Å²) in [6, 6.07) is 17.3. The van der Waals surface area contributed by atoms with Crippen LogP contribution >= 0.6 is 0 Å². The first kappa shape index (κ1) is 18.7. The molecule has 2 aromatic carbocycles. The lowest BCUT2D eigenvalue weighted by Gasteiger charge is -2.10. The molecule has 2 aromatic heterocycles. The number of nitrogens with one attached hydrogen (secondary N) is 1. The molecule has 0 bridgehead atoms. The molecule has 1 aliphatic rings. The largest absolute Gasteiger partial charge is 0.463 e. The Morgan fingerprint density at radius 3 is 2.74 bits per heavy atom. The number of carbonyl (C=O) groups excluding carboxylic acids is 2. The number of hydrogen-bond donors (Lipinski definition) is 1. The van der Waals surface area contributed by atoms with Crippen LogP contribution in [-0.4, -0.2) is 30.3 Å². The van der Waals surface area contributed by atoms with E-state index in [1.807, 2.05) is 6.07 Å². The van der Waals surface area contributed by atoms with Crippen molar-refractivity contribution in [3.05, 3.63) is 72.5 Å². The van der Waals surface area contributed by atoms with Gasteiger partial charge in [-0.25, -0.2) is 9.78 Å². The van der Waals surface area contributed by atoms with Gasteiger partial charge in [0.15, 0.2) is 23.9 Å². The summed E-state index contributed by atoms with van der Waals surface area (Å²) in [7, 11) is 0. The number of aromatic nitrogens is 1. The molecule has 4 aromatic rings. The minimum absolute atomic E-state index is 0.143. The molecule has 1 N–H and O–H groups in total. The van der Waals surface area contributed by atoms with Crippen molar-refractivity contribution < 1.29 is 28.2 Å². The van der Waals surface area contributed by atoms with Crippen molar-refractivity contribution in [1.29, 1.82) is 0 Å². The van der Waals surface area contributed by atoms with Crippen molar-refractivity contribution in [1.82, 2.24) is 4.98 Å².